The summed E-state index contributed by atoms with van der Waals surface area (Å²) in [6, 6.07) is 18.4. The molecule has 2 aromatic rings. The Morgan fingerprint density at radius 1 is 0.970 bits per heavy atom. The van der Waals surface area contributed by atoms with Gasteiger partial charge in [-0.15, -0.1) is 0 Å². The summed E-state index contributed by atoms with van der Waals surface area (Å²) in [6.07, 6.45) is -4.58. The molecule has 0 aliphatic carbocycles. The second kappa shape index (κ2) is 10.2. The highest BCUT2D eigenvalue weighted by Gasteiger charge is 2.54. The fourth-order valence-electron chi connectivity index (χ4n) is 4.29. The highest BCUT2D eigenvalue weighted by atomic mass is 16.8. The molecule has 0 aromatic heterocycles. The molecule has 8 nitrogen and oxygen atoms in total. The quantitative estimate of drug-likeness (QED) is 0.688. The Labute approximate surface area is 193 Å². The number of rotatable bonds is 6. The third kappa shape index (κ3) is 5.72. The van der Waals surface area contributed by atoms with Crippen LogP contribution in [-0.2, 0) is 32.2 Å². The fourth-order valence-corrected chi connectivity index (χ4v) is 4.29. The fraction of sp³-hybridized carbons (Fsp3) is 0.480. The number of likely N-dealkylation sites (tertiary alicyclic amines) is 1. The van der Waals surface area contributed by atoms with E-state index in [1.165, 1.54) is 4.90 Å². The van der Waals surface area contributed by atoms with E-state index in [1.54, 1.807) is 13.8 Å². The highest BCUT2D eigenvalue weighted by molar-refractivity contribution is 5.68. The van der Waals surface area contributed by atoms with Gasteiger partial charge >= 0.3 is 6.09 Å². The van der Waals surface area contributed by atoms with Crippen molar-refractivity contribution in [3.63, 3.8) is 0 Å². The van der Waals surface area contributed by atoms with E-state index in [-0.39, 0.29) is 19.8 Å². The molecule has 2 N–H and O–H groups in total. The number of β-amino-alcohol motifs (C(OH)–C–C–N with tert-alkyl or cyclic N) is 1. The molecular formula is C25H31NO7. The van der Waals surface area contributed by atoms with Crippen LogP contribution in [-0.4, -0.2) is 70.6 Å². The lowest BCUT2D eigenvalue weighted by Gasteiger charge is -2.33. The Bertz CT molecular complexity index is 907. The number of aliphatic hydroxyl groups excluding tert-OH is 2. The second-order valence-electron chi connectivity index (χ2n) is 8.88. The normalized spacial score (nSPS) is 28.7. The van der Waals surface area contributed by atoms with E-state index in [0.29, 0.717) is 6.61 Å². The molecule has 0 bridgehead atoms. The average molecular weight is 458 g/mol. The van der Waals surface area contributed by atoms with Crippen LogP contribution in [0.4, 0.5) is 4.79 Å². The number of fused-ring (bicyclic) bond motifs is 1. The van der Waals surface area contributed by atoms with Crippen molar-refractivity contribution in [3.8, 4) is 0 Å². The first-order chi connectivity index (χ1) is 15.8. The van der Waals surface area contributed by atoms with Crippen LogP contribution in [0, 0.1) is 0 Å². The first-order valence-corrected chi connectivity index (χ1v) is 11.1. The lowest BCUT2D eigenvalue weighted by molar-refractivity contribution is -0.170. The van der Waals surface area contributed by atoms with Crippen molar-refractivity contribution in [2.45, 2.75) is 63.3 Å². The molecule has 0 radical (unpaired) electrons. The number of hydrogen-bond acceptors (Lipinski definition) is 7. The number of aliphatic hydroxyl groups is 2. The third-order valence-electron chi connectivity index (χ3n) is 5.90. The minimum Gasteiger partial charge on any atom is -0.445 e. The molecule has 2 saturated heterocycles. The van der Waals surface area contributed by atoms with Crippen molar-refractivity contribution in [1.29, 1.82) is 0 Å². The van der Waals surface area contributed by atoms with Gasteiger partial charge in [0.15, 0.2) is 5.79 Å². The molecule has 2 heterocycles. The average Bonchev–Trinajstić information content (AvgIpc) is 3.10. The number of hydrogen-bond donors (Lipinski definition) is 2. The van der Waals surface area contributed by atoms with E-state index in [9.17, 15) is 15.0 Å². The summed E-state index contributed by atoms with van der Waals surface area (Å²) in [5.41, 5.74) is 1.84. The van der Waals surface area contributed by atoms with Gasteiger partial charge in [-0.25, -0.2) is 4.79 Å². The SMILES string of the molecule is CC1(C)O[C@@H]2[C@@H](O)[C@@H](O)CN(C(=O)OCc3ccccc3)[C@H](COCc3ccccc3)[C@H]2O1. The molecule has 2 aliphatic rings. The van der Waals surface area contributed by atoms with Gasteiger partial charge in [0.1, 0.15) is 31.0 Å². The van der Waals surface area contributed by atoms with Crippen molar-refractivity contribution in [1.82, 2.24) is 4.90 Å². The first kappa shape index (κ1) is 23.7. The van der Waals surface area contributed by atoms with Crippen LogP contribution < -0.4 is 0 Å². The molecule has 2 fully saturated rings. The maximum Gasteiger partial charge on any atom is 0.410 e. The van der Waals surface area contributed by atoms with Gasteiger partial charge in [0.2, 0.25) is 0 Å². The predicted octanol–water partition coefficient (Wildman–Crippen LogP) is 2.47. The minimum absolute atomic E-state index is 0.0867. The largest absolute Gasteiger partial charge is 0.445 e. The van der Waals surface area contributed by atoms with Crippen LogP contribution in [0.25, 0.3) is 0 Å². The maximum absolute atomic E-state index is 13.1. The van der Waals surface area contributed by atoms with E-state index in [1.807, 2.05) is 60.7 Å². The number of amides is 1. The molecule has 33 heavy (non-hydrogen) atoms. The van der Waals surface area contributed by atoms with Crippen LogP contribution in [0.15, 0.2) is 60.7 Å². The van der Waals surface area contributed by atoms with Gasteiger partial charge in [0.25, 0.3) is 0 Å². The number of carbonyl (C=O) groups is 1. The summed E-state index contributed by atoms with van der Waals surface area (Å²) in [5.74, 6) is -0.981. The summed E-state index contributed by atoms with van der Waals surface area (Å²) < 4.78 is 23.5. The van der Waals surface area contributed by atoms with Crippen molar-refractivity contribution in [2.75, 3.05) is 13.2 Å². The molecule has 2 aliphatic heterocycles. The molecule has 0 spiro atoms. The Morgan fingerprint density at radius 2 is 1.55 bits per heavy atom. The molecule has 4 rings (SSSR count). The third-order valence-corrected chi connectivity index (χ3v) is 5.90. The molecular weight excluding hydrogens is 426 g/mol. The van der Waals surface area contributed by atoms with E-state index in [2.05, 4.69) is 0 Å². The van der Waals surface area contributed by atoms with Gasteiger partial charge in [0.05, 0.1) is 25.8 Å². The Kier molecular flexibility index (Phi) is 7.31. The van der Waals surface area contributed by atoms with Gasteiger partial charge in [-0.05, 0) is 25.0 Å². The van der Waals surface area contributed by atoms with Gasteiger partial charge in [-0.1, -0.05) is 60.7 Å². The lowest BCUT2D eigenvalue weighted by Crippen LogP contribution is -2.52. The number of benzene rings is 2. The zero-order valence-corrected chi connectivity index (χ0v) is 18.9. The van der Waals surface area contributed by atoms with Crippen LogP contribution in [0.3, 0.4) is 0 Å². The summed E-state index contributed by atoms with van der Waals surface area (Å²) in [7, 11) is 0. The van der Waals surface area contributed by atoms with Gasteiger partial charge < -0.3 is 29.2 Å². The zero-order valence-electron chi connectivity index (χ0n) is 18.9. The first-order valence-electron chi connectivity index (χ1n) is 11.1. The van der Waals surface area contributed by atoms with Crippen LogP contribution >= 0.6 is 0 Å². The smallest absolute Gasteiger partial charge is 0.410 e. The minimum atomic E-state index is -1.22. The molecule has 8 heteroatoms. The van der Waals surface area contributed by atoms with Crippen LogP contribution in [0.1, 0.15) is 25.0 Å². The van der Waals surface area contributed by atoms with E-state index >= 15 is 0 Å². The van der Waals surface area contributed by atoms with Crippen molar-refractivity contribution in [2.24, 2.45) is 0 Å². The Balaban J connectivity index is 1.53. The Hall–Kier alpha value is -2.49. The molecule has 178 valence electrons. The number of ether oxygens (including phenoxy) is 4. The van der Waals surface area contributed by atoms with Crippen molar-refractivity contribution in [3.05, 3.63) is 71.8 Å². The summed E-state index contributed by atoms with van der Waals surface area (Å²) in [6.45, 7) is 3.89. The van der Waals surface area contributed by atoms with Crippen LogP contribution in [0.2, 0.25) is 0 Å². The molecule has 1 amide bonds. The van der Waals surface area contributed by atoms with Crippen molar-refractivity contribution >= 4 is 6.09 Å². The summed E-state index contributed by atoms with van der Waals surface area (Å²) >= 11 is 0. The standard InChI is InChI=1S/C25H31NO7/c1-25(2)32-22-19(16-30-14-17-9-5-3-6-10-17)26(13-20(27)21(28)23(22)33-25)24(29)31-15-18-11-7-4-8-12-18/h3-12,19-23,27-28H,13-16H2,1-2H3/t19-,20+,21+,22-,23-/m1/s1. The second-order valence-corrected chi connectivity index (χ2v) is 8.88. The number of carbonyl (C=O) groups excluding carboxylic acids is 1. The Morgan fingerprint density at radius 3 is 2.18 bits per heavy atom. The maximum atomic E-state index is 13.1. The van der Waals surface area contributed by atoms with Gasteiger partial charge in [-0.3, -0.25) is 4.90 Å². The highest BCUT2D eigenvalue weighted by Crippen LogP contribution is 2.36. The van der Waals surface area contributed by atoms with Gasteiger partial charge in [0, 0.05) is 0 Å². The monoisotopic (exact) mass is 457 g/mol. The summed E-state index contributed by atoms with van der Waals surface area (Å²) in [5, 5.41) is 21.3. The number of nitrogens with zero attached hydrogens (tertiary/aromatic N) is 1. The lowest BCUT2D eigenvalue weighted by atomic mass is 10.0. The molecule has 5 atom stereocenters. The van der Waals surface area contributed by atoms with E-state index in [4.69, 9.17) is 18.9 Å². The summed E-state index contributed by atoms with van der Waals surface area (Å²) in [4.78, 5) is 14.5. The van der Waals surface area contributed by atoms with Crippen molar-refractivity contribution < 1.29 is 34.0 Å². The topological polar surface area (TPSA) is 97.7 Å². The predicted molar refractivity (Wildman–Crippen MR) is 119 cm³/mol. The van der Waals surface area contributed by atoms with E-state index in [0.717, 1.165) is 11.1 Å². The molecule has 0 saturated carbocycles. The van der Waals surface area contributed by atoms with Gasteiger partial charge in [-0.2, -0.15) is 0 Å². The van der Waals surface area contributed by atoms with E-state index < -0.39 is 42.3 Å². The van der Waals surface area contributed by atoms with Crippen LogP contribution in [0.5, 0.6) is 0 Å². The molecule has 0 unspecified atom stereocenters. The zero-order chi connectivity index (χ0) is 23.4. The molecule has 2 aromatic carbocycles.